The third-order valence-electron chi connectivity index (χ3n) is 13.8. The number of benzene rings is 3. The standard InChI is InChI=1S/C58H78FN7O11S/c1-37-30-45-44-10-8-9-11-46(44)63-49(45)50(66(37)35-58(6,7)59)40-16-18-41(19-17-40)51(54(60)69)77-29-28-75-25-24-73-21-20-72-22-23-74-26-27-76-34-48(68)64-53(57(3,4)5)56(71)65-33-43(67)31-47(65)55(70)61-32-39-12-14-42(15-13-39)52-38(2)62-36-78-52/h8-19,36-37,43,47,50-51,53,63,67H,20-35H2,1-7H3,(H2,60,69)(H,61,70)(H,64,68)/t37-,43-,47+,50-,51?,53-/m1/s1. The minimum Gasteiger partial charge on any atom is -0.391 e. The molecule has 1 saturated heterocycles. The van der Waals surface area contributed by atoms with Gasteiger partial charge in [-0.2, -0.15) is 0 Å². The summed E-state index contributed by atoms with van der Waals surface area (Å²) in [7, 11) is 0. The number of nitrogens with zero attached hydrogens (tertiary/aromatic N) is 3. The van der Waals surface area contributed by atoms with Crippen molar-refractivity contribution in [2.75, 3.05) is 85.8 Å². The van der Waals surface area contributed by atoms with Crippen molar-refractivity contribution in [3.63, 3.8) is 0 Å². The number of hydrogen-bond donors (Lipinski definition) is 5. The van der Waals surface area contributed by atoms with E-state index in [1.54, 1.807) is 30.7 Å². The van der Waals surface area contributed by atoms with E-state index in [-0.39, 0.29) is 77.1 Å². The van der Waals surface area contributed by atoms with Crippen molar-refractivity contribution in [3.8, 4) is 10.4 Å². The number of carbonyl (C=O) groups is 4. The van der Waals surface area contributed by atoms with Crippen LogP contribution in [0.3, 0.4) is 0 Å². The lowest BCUT2D eigenvalue weighted by molar-refractivity contribution is -0.144. The maximum Gasteiger partial charge on any atom is 0.251 e. The number of ether oxygens (including phenoxy) is 6. The van der Waals surface area contributed by atoms with E-state index in [2.05, 4.69) is 44.6 Å². The Balaban J connectivity index is 0.723. The quantitative estimate of drug-likeness (QED) is 0.0341. The first-order valence-corrected chi connectivity index (χ1v) is 27.7. The first kappa shape index (κ1) is 60.0. The number of aromatic nitrogens is 2. The van der Waals surface area contributed by atoms with Crippen LogP contribution >= 0.6 is 11.3 Å². The highest BCUT2D eigenvalue weighted by molar-refractivity contribution is 7.13. The highest BCUT2D eigenvalue weighted by atomic mass is 32.1. The fourth-order valence-electron chi connectivity index (χ4n) is 9.99. The van der Waals surface area contributed by atoms with Gasteiger partial charge in [-0.25, -0.2) is 9.37 Å². The van der Waals surface area contributed by atoms with E-state index >= 15 is 4.39 Å². The number of likely N-dealkylation sites (tertiary alicyclic amines) is 1. The van der Waals surface area contributed by atoms with Crippen molar-refractivity contribution in [2.24, 2.45) is 11.1 Å². The van der Waals surface area contributed by atoms with Gasteiger partial charge in [-0.15, -0.1) is 11.3 Å². The van der Waals surface area contributed by atoms with Crippen LogP contribution in [0.15, 0.2) is 78.3 Å². The number of rotatable bonds is 29. The van der Waals surface area contributed by atoms with Crippen LogP contribution in [-0.2, 0) is 60.6 Å². The molecule has 0 aliphatic carbocycles. The first-order chi connectivity index (χ1) is 37.3. The lowest BCUT2D eigenvalue weighted by Crippen LogP contribution is -2.58. The molecule has 0 saturated carbocycles. The summed E-state index contributed by atoms with van der Waals surface area (Å²) in [5.41, 5.74) is 13.3. The van der Waals surface area contributed by atoms with Crippen LogP contribution in [0, 0.1) is 12.3 Å². The molecule has 20 heteroatoms. The maximum absolute atomic E-state index is 15.2. The first-order valence-electron chi connectivity index (χ1n) is 26.8. The number of fused-ring (bicyclic) bond motifs is 3. The number of H-pyrrole nitrogens is 1. The number of β-amino-alcohol motifs (C(OH)–C–C–N with tert-alkyl or cyclic N) is 1. The molecule has 3 aromatic carbocycles. The van der Waals surface area contributed by atoms with Gasteiger partial charge in [-0.05, 0) is 73.4 Å². The van der Waals surface area contributed by atoms with Gasteiger partial charge in [0.25, 0.3) is 5.91 Å². The molecular weight excluding hydrogens is 1020 g/mol. The summed E-state index contributed by atoms with van der Waals surface area (Å²) >= 11 is 1.57. The van der Waals surface area contributed by atoms with Crippen LogP contribution in [0.5, 0.6) is 0 Å². The van der Waals surface area contributed by atoms with Crippen molar-refractivity contribution in [1.82, 2.24) is 30.4 Å². The van der Waals surface area contributed by atoms with Gasteiger partial charge in [-0.3, -0.25) is 24.1 Å². The molecule has 1 unspecified atom stereocenters. The molecule has 7 rings (SSSR count). The van der Waals surface area contributed by atoms with E-state index in [1.807, 2.05) is 88.4 Å². The Morgan fingerprint density at radius 3 is 2.06 bits per heavy atom. The molecule has 0 spiro atoms. The molecule has 18 nitrogen and oxygen atoms in total. The number of halogens is 1. The van der Waals surface area contributed by atoms with Crippen molar-refractivity contribution in [2.45, 2.75) is 110 Å². The van der Waals surface area contributed by atoms with Crippen LogP contribution in [0.4, 0.5) is 4.39 Å². The second-order valence-electron chi connectivity index (χ2n) is 21.7. The Bertz CT molecular complexity index is 2740. The van der Waals surface area contributed by atoms with E-state index in [4.69, 9.17) is 34.2 Å². The Labute approximate surface area is 460 Å². The number of para-hydroxylation sites is 1. The molecule has 0 bridgehead atoms. The van der Waals surface area contributed by atoms with Gasteiger partial charge in [0.1, 0.15) is 24.4 Å². The molecule has 2 aliphatic heterocycles. The summed E-state index contributed by atoms with van der Waals surface area (Å²) in [4.78, 5) is 65.5. The molecule has 5 aromatic rings. The molecule has 6 atom stereocenters. The number of nitrogens with one attached hydrogen (secondary N) is 3. The van der Waals surface area contributed by atoms with Gasteiger partial charge < -0.3 is 59.8 Å². The molecule has 78 heavy (non-hydrogen) atoms. The third kappa shape index (κ3) is 16.5. The van der Waals surface area contributed by atoms with Crippen LogP contribution in [0.1, 0.15) is 93.8 Å². The summed E-state index contributed by atoms with van der Waals surface area (Å²) < 4.78 is 49.0. The van der Waals surface area contributed by atoms with Gasteiger partial charge in [-0.1, -0.05) is 87.5 Å². The SMILES string of the molecule is Cc1ncsc1-c1ccc(CNC(=O)[C@@H]2C[C@@H](O)CN2C(=O)[C@@H](NC(=O)COCCOCCOCCOCCOCCOC(C(N)=O)c2ccc([C@@H]3c4[nH]c5ccccc5c4C[C@@H](C)N3CC(C)(C)F)cc2)C(C)(C)C)cc1. The number of thiazole rings is 1. The van der Waals surface area contributed by atoms with Crippen LogP contribution in [-0.4, -0.2) is 164 Å². The molecule has 0 radical (unpaired) electrons. The molecule has 424 valence electrons. The number of aliphatic hydroxyl groups is 1. The van der Waals surface area contributed by atoms with E-state index < -0.39 is 53.1 Å². The number of carbonyl (C=O) groups excluding carboxylic acids is 4. The molecule has 4 heterocycles. The van der Waals surface area contributed by atoms with E-state index in [9.17, 15) is 24.3 Å². The highest BCUT2D eigenvalue weighted by Crippen LogP contribution is 2.42. The van der Waals surface area contributed by atoms with Crippen LogP contribution in [0.2, 0.25) is 0 Å². The summed E-state index contributed by atoms with van der Waals surface area (Å²) in [6.07, 6.45) is -0.971. The van der Waals surface area contributed by atoms with Gasteiger partial charge >= 0.3 is 0 Å². The van der Waals surface area contributed by atoms with Gasteiger partial charge in [0, 0.05) is 48.7 Å². The topological polar surface area (TPSA) is 229 Å². The van der Waals surface area contributed by atoms with E-state index in [0.29, 0.717) is 45.2 Å². The number of hydrogen-bond acceptors (Lipinski definition) is 14. The Kier molecular flexibility index (Phi) is 21.5. The third-order valence-corrected chi connectivity index (χ3v) is 14.8. The lowest BCUT2D eigenvalue weighted by atomic mass is 9.85. The minimum absolute atomic E-state index is 0.0280. The molecule has 1 fully saturated rings. The summed E-state index contributed by atoms with van der Waals surface area (Å²) in [6, 6.07) is 21.7. The maximum atomic E-state index is 15.2. The van der Waals surface area contributed by atoms with Gasteiger partial charge in [0.2, 0.25) is 17.7 Å². The highest BCUT2D eigenvalue weighted by Gasteiger charge is 2.45. The van der Waals surface area contributed by atoms with Crippen molar-refractivity contribution in [1.29, 1.82) is 0 Å². The fraction of sp³-hybridized carbons (Fsp3) is 0.534. The second-order valence-corrected chi connectivity index (χ2v) is 22.5. The number of alkyl halides is 1. The molecule has 6 N–H and O–H groups in total. The van der Waals surface area contributed by atoms with Crippen LogP contribution in [0.25, 0.3) is 21.3 Å². The predicted molar refractivity (Wildman–Crippen MR) is 295 cm³/mol. The predicted octanol–water partition coefficient (Wildman–Crippen LogP) is 6.12. The van der Waals surface area contributed by atoms with Gasteiger partial charge in [0.05, 0.1) is 94.3 Å². The smallest absolute Gasteiger partial charge is 0.251 e. The monoisotopic (exact) mass is 1100 g/mol. The second kappa shape index (κ2) is 28.0. The van der Waals surface area contributed by atoms with Crippen molar-refractivity contribution in [3.05, 3.63) is 112 Å². The number of nitrogens with two attached hydrogens (primary N) is 1. The molecule has 2 aliphatic rings. The average Bonchev–Trinajstić information content (AvgIpc) is 4.20. The number of aromatic amines is 1. The summed E-state index contributed by atoms with van der Waals surface area (Å²) in [5.74, 6) is -1.95. The molecule has 2 aromatic heterocycles. The average molecular weight is 1100 g/mol. The Morgan fingerprint density at radius 2 is 1.47 bits per heavy atom. The number of amides is 4. The largest absolute Gasteiger partial charge is 0.391 e. The van der Waals surface area contributed by atoms with Crippen molar-refractivity contribution >= 4 is 45.9 Å². The number of aliphatic hydroxyl groups excluding tert-OH is 1. The van der Waals surface area contributed by atoms with E-state index in [1.165, 1.54) is 15.8 Å². The Morgan fingerprint density at radius 1 is 0.859 bits per heavy atom. The molecular formula is C58H78FN7O11S. The summed E-state index contributed by atoms with van der Waals surface area (Å²) in [5, 5.41) is 17.4. The zero-order chi connectivity index (χ0) is 56.0. The van der Waals surface area contributed by atoms with Crippen LogP contribution < -0.4 is 16.4 Å². The normalized spacial score (nSPS) is 18.7. The number of primary amides is 1. The lowest BCUT2D eigenvalue weighted by Gasteiger charge is -2.43. The Hall–Kier alpha value is -5.68. The van der Waals surface area contributed by atoms with Crippen molar-refractivity contribution < 1.29 is 57.1 Å². The molecule has 4 amide bonds. The minimum atomic E-state index is -1.41. The fourth-order valence-corrected chi connectivity index (χ4v) is 10.8. The summed E-state index contributed by atoms with van der Waals surface area (Å²) in [6.45, 7) is 15.6. The van der Waals surface area contributed by atoms with Gasteiger partial charge in [0.15, 0.2) is 6.10 Å². The van der Waals surface area contributed by atoms with E-state index in [0.717, 1.165) is 44.9 Å². The number of aryl methyl sites for hydroxylation is 1. The zero-order valence-electron chi connectivity index (χ0n) is 46.0. The zero-order valence-corrected chi connectivity index (χ0v) is 46.8.